The van der Waals surface area contributed by atoms with Crippen molar-refractivity contribution in [3.63, 3.8) is 0 Å². The number of nitriles is 1. The zero-order valence-electron chi connectivity index (χ0n) is 12.2. The lowest BCUT2D eigenvalue weighted by molar-refractivity contribution is 0.102. The van der Waals surface area contributed by atoms with Gasteiger partial charge in [0, 0.05) is 11.3 Å². The minimum atomic E-state index is 0.0639. The number of hydrogen-bond acceptors (Lipinski definition) is 4. The van der Waals surface area contributed by atoms with E-state index < -0.39 is 0 Å². The van der Waals surface area contributed by atoms with Crippen LogP contribution >= 0.6 is 11.8 Å². The third-order valence-electron chi connectivity index (χ3n) is 3.82. The Kier molecular flexibility index (Phi) is 4.55. The highest BCUT2D eigenvalue weighted by atomic mass is 32.2. The fourth-order valence-corrected chi connectivity index (χ4v) is 3.52. The van der Waals surface area contributed by atoms with Crippen LogP contribution in [0.25, 0.3) is 0 Å². The number of benzene rings is 1. The predicted molar refractivity (Wildman–Crippen MR) is 87.1 cm³/mol. The maximum absolute atomic E-state index is 12.2. The van der Waals surface area contributed by atoms with Crippen molar-refractivity contribution in [1.82, 2.24) is 4.98 Å². The summed E-state index contributed by atoms with van der Waals surface area (Å²) in [4.78, 5) is 16.8. The largest absolute Gasteiger partial charge is 0.293 e. The average Bonchev–Trinajstić information content (AvgIpc) is 2.59. The van der Waals surface area contributed by atoms with Gasteiger partial charge in [-0.1, -0.05) is 42.1 Å². The van der Waals surface area contributed by atoms with E-state index in [1.807, 2.05) is 36.4 Å². The summed E-state index contributed by atoms with van der Waals surface area (Å²) < 4.78 is 0. The van der Waals surface area contributed by atoms with Gasteiger partial charge in [-0.25, -0.2) is 4.98 Å². The number of pyridine rings is 1. The maximum atomic E-state index is 12.2. The number of Topliss-reactive ketones (excluding diaryl/α,β-unsaturated/α-hetero) is 1. The summed E-state index contributed by atoms with van der Waals surface area (Å²) in [7, 11) is 0. The van der Waals surface area contributed by atoms with Crippen LogP contribution in [0.4, 0.5) is 0 Å². The van der Waals surface area contributed by atoms with Crippen LogP contribution in [0.5, 0.6) is 0 Å². The number of carbonyl (C=O) groups is 1. The van der Waals surface area contributed by atoms with Gasteiger partial charge in [0.05, 0.1) is 11.3 Å². The highest BCUT2D eigenvalue weighted by molar-refractivity contribution is 8.00. The Morgan fingerprint density at radius 3 is 2.77 bits per heavy atom. The van der Waals surface area contributed by atoms with Crippen LogP contribution in [0.3, 0.4) is 0 Å². The lowest BCUT2D eigenvalue weighted by Gasteiger charge is -2.16. The van der Waals surface area contributed by atoms with Crippen molar-refractivity contribution >= 4 is 17.5 Å². The molecule has 110 valence electrons. The number of carbonyl (C=O) groups excluding carboxylic acids is 1. The number of aryl methyl sites for hydroxylation is 2. The molecule has 2 aromatic rings. The van der Waals surface area contributed by atoms with Crippen LogP contribution in [-0.2, 0) is 12.8 Å². The zero-order valence-corrected chi connectivity index (χ0v) is 13.0. The van der Waals surface area contributed by atoms with E-state index in [1.54, 1.807) is 0 Å². The highest BCUT2D eigenvalue weighted by Crippen LogP contribution is 2.27. The summed E-state index contributed by atoms with van der Waals surface area (Å²) in [6.07, 6.45) is 4.30. The lowest BCUT2D eigenvalue weighted by Crippen LogP contribution is -2.08. The first-order chi connectivity index (χ1) is 10.8. The number of fused-ring (bicyclic) bond motifs is 1. The zero-order chi connectivity index (χ0) is 15.4. The van der Waals surface area contributed by atoms with E-state index in [0.717, 1.165) is 25.0 Å². The van der Waals surface area contributed by atoms with Crippen molar-refractivity contribution in [2.45, 2.75) is 30.7 Å². The highest BCUT2D eigenvalue weighted by Gasteiger charge is 2.16. The Morgan fingerprint density at radius 2 is 2.00 bits per heavy atom. The van der Waals surface area contributed by atoms with Gasteiger partial charge in [0.2, 0.25) is 0 Å². The van der Waals surface area contributed by atoms with Crippen molar-refractivity contribution in [3.8, 4) is 6.07 Å². The Bertz CT molecular complexity index is 735. The quantitative estimate of drug-likeness (QED) is 0.636. The summed E-state index contributed by atoms with van der Waals surface area (Å²) in [5, 5.41) is 10.0. The number of rotatable bonds is 4. The average molecular weight is 308 g/mol. The fraction of sp³-hybridized carbons (Fsp3) is 0.278. The van der Waals surface area contributed by atoms with Gasteiger partial charge >= 0.3 is 0 Å². The van der Waals surface area contributed by atoms with E-state index in [4.69, 9.17) is 0 Å². The Morgan fingerprint density at radius 1 is 1.23 bits per heavy atom. The van der Waals surface area contributed by atoms with Gasteiger partial charge in [0.15, 0.2) is 5.78 Å². The van der Waals surface area contributed by atoms with Crippen LogP contribution in [0.15, 0.2) is 41.4 Å². The molecule has 1 aromatic heterocycles. The normalized spacial score (nSPS) is 13.2. The van der Waals surface area contributed by atoms with Gasteiger partial charge in [-0.05, 0) is 37.3 Å². The molecule has 0 aliphatic heterocycles. The molecule has 3 rings (SSSR count). The third kappa shape index (κ3) is 3.20. The molecule has 1 heterocycles. The Balaban J connectivity index is 1.77. The summed E-state index contributed by atoms with van der Waals surface area (Å²) in [6.45, 7) is 0. The summed E-state index contributed by atoms with van der Waals surface area (Å²) >= 11 is 1.36. The molecule has 0 radical (unpaired) electrons. The summed E-state index contributed by atoms with van der Waals surface area (Å²) in [5.74, 6) is 0.374. The molecule has 0 atom stereocenters. The molecule has 0 fully saturated rings. The fourth-order valence-electron chi connectivity index (χ4n) is 2.65. The smallest absolute Gasteiger partial charge is 0.173 e. The molecule has 1 aliphatic rings. The predicted octanol–water partition coefficient (Wildman–Crippen LogP) is 3.81. The van der Waals surface area contributed by atoms with Crippen molar-refractivity contribution < 1.29 is 4.79 Å². The van der Waals surface area contributed by atoms with Crippen LogP contribution in [0.1, 0.15) is 40.0 Å². The van der Waals surface area contributed by atoms with Gasteiger partial charge in [-0.15, -0.1) is 0 Å². The lowest BCUT2D eigenvalue weighted by atomic mass is 9.95. The molecular formula is C18H16N2OS. The second kappa shape index (κ2) is 6.76. The van der Waals surface area contributed by atoms with Crippen LogP contribution in [-0.4, -0.2) is 16.5 Å². The second-order valence-electron chi connectivity index (χ2n) is 5.34. The van der Waals surface area contributed by atoms with Gasteiger partial charge in [-0.3, -0.25) is 4.79 Å². The number of thioether (sulfide) groups is 1. The van der Waals surface area contributed by atoms with Crippen LogP contribution in [0, 0.1) is 11.3 Å². The van der Waals surface area contributed by atoms with Gasteiger partial charge < -0.3 is 0 Å². The van der Waals surface area contributed by atoms with E-state index in [1.165, 1.54) is 23.7 Å². The van der Waals surface area contributed by atoms with Crippen molar-refractivity contribution in [1.29, 1.82) is 5.26 Å². The van der Waals surface area contributed by atoms with E-state index in [0.29, 0.717) is 21.9 Å². The maximum Gasteiger partial charge on any atom is 0.173 e. The molecule has 0 unspecified atom stereocenters. The van der Waals surface area contributed by atoms with Crippen LogP contribution < -0.4 is 0 Å². The molecule has 0 bridgehead atoms. The first-order valence-corrected chi connectivity index (χ1v) is 8.40. The molecule has 0 N–H and O–H groups in total. The standard InChI is InChI=1S/C18H16N2OS/c19-11-15-10-14-8-4-5-9-16(14)20-18(15)22-12-17(21)13-6-2-1-3-7-13/h1-3,6-7,10H,4-5,8-9,12H2. The van der Waals surface area contributed by atoms with E-state index in [-0.39, 0.29) is 5.78 Å². The van der Waals surface area contributed by atoms with Crippen molar-refractivity contribution in [3.05, 3.63) is 58.8 Å². The topological polar surface area (TPSA) is 53.8 Å². The number of nitrogens with zero attached hydrogens (tertiary/aromatic N) is 2. The van der Waals surface area contributed by atoms with E-state index in [2.05, 4.69) is 11.1 Å². The first-order valence-electron chi connectivity index (χ1n) is 7.42. The Hall–Kier alpha value is -2.12. The summed E-state index contributed by atoms with van der Waals surface area (Å²) in [5.41, 5.74) is 3.58. The number of ketones is 1. The number of aromatic nitrogens is 1. The third-order valence-corrected chi connectivity index (χ3v) is 4.81. The molecule has 4 heteroatoms. The van der Waals surface area contributed by atoms with E-state index >= 15 is 0 Å². The molecule has 0 spiro atoms. The summed E-state index contributed by atoms with van der Waals surface area (Å²) in [6, 6.07) is 13.4. The van der Waals surface area contributed by atoms with Gasteiger partial charge in [0.1, 0.15) is 11.1 Å². The molecule has 1 aromatic carbocycles. The van der Waals surface area contributed by atoms with Crippen molar-refractivity contribution in [2.24, 2.45) is 0 Å². The van der Waals surface area contributed by atoms with Gasteiger partial charge in [0.25, 0.3) is 0 Å². The van der Waals surface area contributed by atoms with Gasteiger partial charge in [-0.2, -0.15) is 5.26 Å². The van der Waals surface area contributed by atoms with Crippen LogP contribution in [0.2, 0.25) is 0 Å². The molecule has 1 aliphatic carbocycles. The molecule has 3 nitrogen and oxygen atoms in total. The SMILES string of the molecule is N#Cc1cc2c(nc1SCC(=O)c1ccccc1)CCCC2. The van der Waals surface area contributed by atoms with E-state index in [9.17, 15) is 10.1 Å². The first kappa shape index (κ1) is 14.8. The second-order valence-corrected chi connectivity index (χ2v) is 6.31. The molecule has 0 amide bonds. The molecule has 0 saturated carbocycles. The number of hydrogen-bond donors (Lipinski definition) is 0. The molecule has 0 saturated heterocycles. The Labute approximate surface area is 134 Å². The molecular weight excluding hydrogens is 292 g/mol. The minimum absolute atomic E-state index is 0.0639. The minimum Gasteiger partial charge on any atom is -0.293 e. The molecule has 22 heavy (non-hydrogen) atoms. The van der Waals surface area contributed by atoms with Crippen molar-refractivity contribution in [2.75, 3.05) is 5.75 Å². The monoisotopic (exact) mass is 308 g/mol.